The Morgan fingerprint density at radius 3 is 2.51 bits per heavy atom. The number of aromatic nitrogens is 2. The number of methoxy groups -OCH3 is 3. The van der Waals surface area contributed by atoms with Crippen molar-refractivity contribution >= 4 is 17.5 Å². The second-order valence-electron chi connectivity index (χ2n) is 7.66. The van der Waals surface area contributed by atoms with Gasteiger partial charge < -0.3 is 33.7 Å². The van der Waals surface area contributed by atoms with Crippen LogP contribution in [-0.4, -0.2) is 56.4 Å². The Morgan fingerprint density at radius 1 is 1.11 bits per heavy atom. The second-order valence-corrected chi connectivity index (χ2v) is 7.66. The van der Waals surface area contributed by atoms with Crippen LogP contribution in [0.15, 0.2) is 34.9 Å². The molecule has 11 heteroatoms. The van der Waals surface area contributed by atoms with Crippen LogP contribution >= 0.6 is 0 Å². The number of anilines is 1. The van der Waals surface area contributed by atoms with Gasteiger partial charge in [0.05, 0.1) is 27.0 Å². The van der Waals surface area contributed by atoms with Gasteiger partial charge in [0.1, 0.15) is 5.75 Å². The van der Waals surface area contributed by atoms with E-state index in [2.05, 4.69) is 15.5 Å². The Hall–Kier alpha value is -4.28. The summed E-state index contributed by atoms with van der Waals surface area (Å²) in [7, 11) is 4.56. The van der Waals surface area contributed by atoms with E-state index < -0.39 is 5.91 Å². The van der Waals surface area contributed by atoms with E-state index in [0.717, 1.165) is 12.0 Å². The van der Waals surface area contributed by atoms with E-state index in [1.54, 1.807) is 35.2 Å². The highest BCUT2D eigenvalue weighted by Gasteiger charge is 2.26. The zero-order chi connectivity index (χ0) is 24.9. The summed E-state index contributed by atoms with van der Waals surface area (Å²) in [4.78, 5) is 30.7. The molecule has 1 N–H and O–H groups in total. The third kappa shape index (κ3) is 4.84. The summed E-state index contributed by atoms with van der Waals surface area (Å²) in [6.07, 6.45) is 0.826. The van der Waals surface area contributed by atoms with E-state index in [9.17, 15) is 9.59 Å². The van der Waals surface area contributed by atoms with Gasteiger partial charge in [-0.25, -0.2) is 0 Å². The van der Waals surface area contributed by atoms with E-state index in [1.807, 2.05) is 6.92 Å². The van der Waals surface area contributed by atoms with E-state index in [-0.39, 0.29) is 30.8 Å². The number of hydrogen-bond acceptors (Lipinski definition) is 9. The molecule has 2 aromatic carbocycles. The number of nitrogens with one attached hydrogen (secondary N) is 1. The molecule has 0 fully saturated rings. The van der Waals surface area contributed by atoms with Crippen molar-refractivity contribution in [3.05, 3.63) is 41.8 Å². The van der Waals surface area contributed by atoms with Gasteiger partial charge in [-0.2, -0.15) is 4.98 Å². The van der Waals surface area contributed by atoms with Crippen LogP contribution in [-0.2, 0) is 11.3 Å². The molecule has 2 heterocycles. The Kier molecular flexibility index (Phi) is 7.04. The van der Waals surface area contributed by atoms with Crippen LogP contribution in [0.5, 0.6) is 23.0 Å². The molecular formula is C24H26N4O7. The van der Waals surface area contributed by atoms with Crippen molar-refractivity contribution in [1.82, 2.24) is 15.5 Å². The molecule has 0 atom stereocenters. The van der Waals surface area contributed by atoms with Crippen LogP contribution in [0.1, 0.15) is 29.6 Å². The molecule has 4 rings (SSSR count). The standard InChI is InChI=1S/C24H26N4O7/c1-5-8-28-16-7-6-15(11-17(16)34-13-20(28)29)22-26-24(35-27-22)23(30)25-12-14-9-18(31-2)21(33-4)19(10-14)32-3/h6-7,9-11H,5,8,12-13H2,1-4H3,(H,25,30). The molecule has 0 radical (unpaired) electrons. The quantitative estimate of drug-likeness (QED) is 0.490. The molecule has 0 aliphatic carbocycles. The Bertz CT molecular complexity index is 1220. The predicted octanol–water partition coefficient (Wildman–Crippen LogP) is 2.83. The molecule has 2 amide bonds. The minimum Gasteiger partial charge on any atom is -0.493 e. The molecule has 11 nitrogen and oxygen atoms in total. The maximum Gasteiger partial charge on any atom is 0.316 e. The van der Waals surface area contributed by atoms with Gasteiger partial charge in [-0.1, -0.05) is 12.1 Å². The van der Waals surface area contributed by atoms with E-state index >= 15 is 0 Å². The molecule has 0 saturated heterocycles. The number of nitrogens with zero attached hydrogens (tertiary/aromatic N) is 3. The summed E-state index contributed by atoms with van der Waals surface area (Å²) in [6.45, 7) is 2.75. The number of amides is 2. The topological polar surface area (TPSA) is 125 Å². The molecule has 1 aliphatic rings. The number of carbonyl (C=O) groups is 2. The second kappa shape index (κ2) is 10.3. The summed E-state index contributed by atoms with van der Waals surface area (Å²) in [5.41, 5.74) is 2.02. The maximum atomic E-state index is 12.6. The number of fused-ring (bicyclic) bond motifs is 1. The van der Waals surface area contributed by atoms with Gasteiger partial charge in [0.25, 0.3) is 5.91 Å². The third-order valence-electron chi connectivity index (χ3n) is 5.41. The summed E-state index contributed by atoms with van der Waals surface area (Å²) in [5.74, 6) is 1.39. The lowest BCUT2D eigenvalue weighted by Gasteiger charge is -2.29. The van der Waals surface area contributed by atoms with Crippen molar-refractivity contribution in [2.24, 2.45) is 0 Å². The molecule has 0 bridgehead atoms. The van der Waals surface area contributed by atoms with Gasteiger partial charge in [-0.15, -0.1) is 0 Å². The van der Waals surface area contributed by atoms with Crippen molar-refractivity contribution in [2.45, 2.75) is 19.9 Å². The average molecular weight is 482 g/mol. The first kappa shape index (κ1) is 23.9. The highest BCUT2D eigenvalue weighted by atomic mass is 16.5. The van der Waals surface area contributed by atoms with Gasteiger partial charge in [0, 0.05) is 18.7 Å². The molecular weight excluding hydrogens is 456 g/mol. The summed E-state index contributed by atoms with van der Waals surface area (Å²) in [6, 6.07) is 8.73. The Labute approximate surface area is 201 Å². The molecule has 0 spiro atoms. The number of benzene rings is 2. The lowest BCUT2D eigenvalue weighted by molar-refractivity contribution is -0.121. The number of hydrogen-bond donors (Lipinski definition) is 1. The first-order chi connectivity index (χ1) is 17.0. The van der Waals surface area contributed by atoms with Gasteiger partial charge in [0.15, 0.2) is 18.1 Å². The van der Waals surface area contributed by atoms with Gasteiger partial charge in [-0.05, 0) is 42.3 Å². The van der Waals surface area contributed by atoms with Gasteiger partial charge in [-0.3, -0.25) is 9.59 Å². The van der Waals surface area contributed by atoms with Gasteiger partial charge >= 0.3 is 11.8 Å². The fraction of sp³-hybridized carbons (Fsp3) is 0.333. The number of rotatable bonds is 9. The highest BCUT2D eigenvalue weighted by molar-refractivity contribution is 5.98. The van der Waals surface area contributed by atoms with Crippen LogP contribution in [0.25, 0.3) is 11.4 Å². The average Bonchev–Trinajstić information content (AvgIpc) is 3.38. The van der Waals surface area contributed by atoms with Crippen molar-refractivity contribution < 1.29 is 33.1 Å². The Balaban J connectivity index is 1.48. The zero-order valence-electron chi connectivity index (χ0n) is 19.9. The van der Waals surface area contributed by atoms with Crippen LogP contribution in [0.2, 0.25) is 0 Å². The van der Waals surface area contributed by atoms with Crippen LogP contribution in [0.3, 0.4) is 0 Å². The molecule has 1 aromatic heterocycles. The van der Waals surface area contributed by atoms with Crippen LogP contribution in [0, 0.1) is 0 Å². The van der Waals surface area contributed by atoms with Crippen molar-refractivity contribution in [3.8, 4) is 34.4 Å². The largest absolute Gasteiger partial charge is 0.493 e. The molecule has 35 heavy (non-hydrogen) atoms. The number of ether oxygens (including phenoxy) is 4. The first-order valence-corrected chi connectivity index (χ1v) is 11.0. The summed E-state index contributed by atoms with van der Waals surface area (Å²) >= 11 is 0. The molecule has 3 aromatic rings. The monoisotopic (exact) mass is 482 g/mol. The predicted molar refractivity (Wildman–Crippen MR) is 125 cm³/mol. The Morgan fingerprint density at radius 2 is 1.86 bits per heavy atom. The van der Waals surface area contributed by atoms with Crippen molar-refractivity contribution in [3.63, 3.8) is 0 Å². The van der Waals surface area contributed by atoms with Crippen LogP contribution < -0.4 is 29.2 Å². The lowest BCUT2D eigenvalue weighted by Crippen LogP contribution is -2.39. The first-order valence-electron chi connectivity index (χ1n) is 11.0. The van der Waals surface area contributed by atoms with E-state index in [4.69, 9.17) is 23.5 Å². The van der Waals surface area contributed by atoms with Gasteiger partial charge in [0.2, 0.25) is 11.6 Å². The molecule has 1 aliphatic heterocycles. The zero-order valence-corrected chi connectivity index (χ0v) is 19.9. The lowest BCUT2D eigenvalue weighted by atomic mass is 10.1. The smallest absolute Gasteiger partial charge is 0.316 e. The maximum absolute atomic E-state index is 12.6. The summed E-state index contributed by atoms with van der Waals surface area (Å²) in [5, 5.41) is 6.66. The van der Waals surface area contributed by atoms with Crippen molar-refractivity contribution in [2.75, 3.05) is 39.4 Å². The van der Waals surface area contributed by atoms with Crippen molar-refractivity contribution in [1.29, 1.82) is 0 Å². The SMILES string of the molecule is CCCN1C(=O)COc2cc(-c3noc(C(=O)NCc4cc(OC)c(OC)c(OC)c4)n3)ccc21. The minimum absolute atomic E-state index is 0.0305. The minimum atomic E-state index is -0.536. The molecule has 0 unspecified atom stereocenters. The third-order valence-corrected chi connectivity index (χ3v) is 5.41. The fourth-order valence-electron chi connectivity index (χ4n) is 3.74. The fourth-order valence-corrected chi connectivity index (χ4v) is 3.74. The molecule has 184 valence electrons. The summed E-state index contributed by atoms with van der Waals surface area (Å²) < 4.78 is 26.7. The van der Waals surface area contributed by atoms with E-state index in [0.29, 0.717) is 40.8 Å². The molecule has 0 saturated carbocycles. The highest BCUT2D eigenvalue weighted by Crippen LogP contribution is 2.38. The van der Waals surface area contributed by atoms with E-state index in [1.165, 1.54) is 21.3 Å². The normalized spacial score (nSPS) is 12.6. The number of carbonyl (C=O) groups excluding carboxylic acids is 2. The van der Waals surface area contributed by atoms with Crippen LogP contribution in [0.4, 0.5) is 5.69 Å².